The summed E-state index contributed by atoms with van der Waals surface area (Å²) in [5.41, 5.74) is 4.71. The Morgan fingerprint density at radius 1 is 1.67 bits per heavy atom. The average molecular weight is 89.1 g/mol. The van der Waals surface area contributed by atoms with E-state index in [-0.39, 0.29) is 0 Å². The molecule has 0 fully saturated rings. The quantitative estimate of drug-likeness (QED) is 0.295. The van der Waals surface area contributed by atoms with Crippen LogP contribution in [-0.4, -0.2) is 16.4 Å². The van der Waals surface area contributed by atoms with Crippen LogP contribution in [0.5, 0.6) is 0 Å². The van der Waals surface area contributed by atoms with Gasteiger partial charge < -0.3 is 15.9 Å². The molecule has 3 nitrogen and oxygen atoms in total. The number of aliphatic hydroxyl groups is 2. The highest BCUT2D eigenvalue weighted by Crippen LogP contribution is 1.67. The maximum Gasteiger partial charge on any atom is 0.124 e. The smallest absolute Gasteiger partial charge is 0.124 e. The first kappa shape index (κ1) is 5.46. The standard InChI is InChI=1S/C3H7NO2/c4-3(6)1-2-5/h1-3,5-6H,4H2/b2-1-/t3-/m0/s1. The molecule has 3 heteroatoms. The van der Waals surface area contributed by atoms with E-state index in [0.717, 1.165) is 6.08 Å². The van der Waals surface area contributed by atoms with Gasteiger partial charge in [-0.1, -0.05) is 0 Å². The Morgan fingerprint density at radius 3 is 2.17 bits per heavy atom. The van der Waals surface area contributed by atoms with Crippen LogP contribution in [0.1, 0.15) is 0 Å². The van der Waals surface area contributed by atoms with E-state index in [0.29, 0.717) is 6.26 Å². The highest BCUT2D eigenvalue weighted by atomic mass is 16.3. The normalized spacial score (nSPS) is 15.7. The molecule has 36 valence electrons. The number of hydrogen-bond donors (Lipinski definition) is 3. The molecule has 0 aromatic carbocycles. The molecule has 0 bridgehead atoms. The minimum Gasteiger partial charge on any atom is -0.516 e. The van der Waals surface area contributed by atoms with Gasteiger partial charge in [0.2, 0.25) is 0 Å². The highest BCUT2D eigenvalue weighted by Gasteiger charge is 1.79. The van der Waals surface area contributed by atoms with Gasteiger partial charge in [-0.3, -0.25) is 0 Å². The van der Waals surface area contributed by atoms with Gasteiger partial charge in [0.15, 0.2) is 0 Å². The van der Waals surface area contributed by atoms with E-state index in [2.05, 4.69) is 0 Å². The second-order valence-corrected chi connectivity index (χ2v) is 0.832. The second kappa shape index (κ2) is 2.68. The molecular weight excluding hydrogens is 82.0 g/mol. The van der Waals surface area contributed by atoms with Gasteiger partial charge in [-0.2, -0.15) is 0 Å². The SMILES string of the molecule is N[C@@H](O)/C=C\O. The molecule has 0 spiro atoms. The molecule has 0 aromatic heterocycles. The van der Waals surface area contributed by atoms with Crippen LogP contribution in [0.15, 0.2) is 12.3 Å². The van der Waals surface area contributed by atoms with Crippen molar-refractivity contribution in [1.29, 1.82) is 0 Å². The second-order valence-electron chi connectivity index (χ2n) is 0.832. The van der Waals surface area contributed by atoms with E-state index >= 15 is 0 Å². The van der Waals surface area contributed by atoms with Crippen LogP contribution in [-0.2, 0) is 0 Å². The van der Waals surface area contributed by atoms with Gasteiger partial charge in [0, 0.05) is 0 Å². The van der Waals surface area contributed by atoms with Crippen molar-refractivity contribution in [3.63, 3.8) is 0 Å². The zero-order chi connectivity index (χ0) is 4.99. The van der Waals surface area contributed by atoms with Crippen molar-refractivity contribution in [2.24, 2.45) is 5.73 Å². The van der Waals surface area contributed by atoms with E-state index in [1.165, 1.54) is 0 Å². The largest absolute Gasteiger partial charge is 0.516 e. The van der Waals surface area contributed by atoms with Crippen molar-refractivity contribution >= 4 is 0 Å². The average Bonchev–Trinajstić information content (AvgIpc) is 1.35. The molecule has 0 amide bonds. The molecule has 0 unspecified atom stereocenters. The van der Waals surface area contributed by atoms with E-state index in [1.54, 1.807) is 0 Å². The first-order valence-electron chi connectivity index (χ1n) is 1.52. The van der Waals surface area contributed by atoms with Crippen LogP contribution in [0.3, 0.4) is 0 Å². The molecule has 0 radical (unpaired) electrons. The van der Waals surface area contributed by atoms with E-state index in [4.69, 9.17) is 15.9 Å². The summed E-state index contributed by atoms with van der Waals surface area (Å²) in [4.78, 5) is 0. The van der Waals surface area contributed by atoms with Crippen LogP contribution in [0.4, 0.5) is 0 Å². The molecule has 0 saturated heterocycles. The van der Waals surface area contributed by atoms with Gasteiger partial charge in [-0.15, -0.1) is 0 Å². The Balaban J connectivity index is 3.03. The van der Waals surface area contributed by atoms with E-state index in [1.807, 2.05) is 0 Å². The maximum atomic E-state index is 8.08. The third-order valence-corrected chi connectivity index (χ3v) is 0.283. The van der Waals surface area contributed by atoms with Gasteiger partial charge >= 0.3 is 0 Å². The molecular formula is C3H7NO2. The third-order valence-electron chi connectivity index (χ3n) is 0.283. The van der Waals surface area contributed by atoms with Crippen LogP contribution in [0.25, 0.3) is 0 Å². The number of rotatable bonds is 1. The molecule has 0 rings (SSSR count). The number of hydrogen-bond acceptors (Lipinski definition) is 3. The maximum absolute atomic E-state index is 8.08. The van der Waals surface area contributed by atoms with Crippen LogP contribution >= 0.6 is 0 Å². The highest BCUT2D eigenvalue weighted by molar-refractivity contribution is 4.75. The molecule has 0 aliphatic rings. The van der Waals surface area contributed by atoms with Crippen LogP contribution in [0, 0.1) is 0 Å². The van der Waals surface area contributed by atoms with Gasteiger partial charge in [-0.05, 0) is 6.08 Å². The van der Waals surface area contributed by atoms with Crippen LogP contribution < -0.4 is 5.73 Å². The lowest BCUT2D eigenvalue weighted by Crippen LogP contribution is -2.14. The Labute approximate surface area is 35.7 Å². The summed E-state index contributed by atoms with van der Waals surface area (Å²) in [6.45, 7) is 0. The van der Waals surface area contributed by atoms with Crippen molar-refractivity contribution in [3.8, 4) is 0 Å². The van der Waals surface area contributed by atoms with Crippen LogP contribution in [0.2, 0.25) is 0 Å². The Bertz CT molecular complexity index is 50.8. The predicted molar refractivity (Wildman–Crippen MR) is 22.0 cm³/mol. The lowest BCUT2D eigenvalue weighted by molar-refractivity contribution is 0.228. The topological polar surface area (TPSA) is 66.5 Å². The molecule has 0 heterocycles. The van der Waals surface area contributed by atoms with E-state index < -0.39 is 6.23 Å². The molecule has 0 aromatic rings. The number of nitrogens with two attached hydrogens (primary N) is 1. The first-order valence-corrected chi connectivity index (χ1v) is 1.52. The van der Waals surface area contributed by atoms with Crippen molar-refractivity contribution in [3.05, 3.63) is 12.3 Å². The molecule has 1 atom stereocenters. The van der Waals surface area contributed by atoms with Crippen molar-refractivity contribution in [2.75, 3.05) is 0 Å². The van der Waals surface area contributed by atoms with Gasteiger partial charge in [0.25, 0.3) is 0 Å². The fourth-order valence-electron chi connectivity index (χ4n) is 0.0882. The van der Waals surface area contributed by atoms with E-state index in [9.17, 15) is 0 Å². The summed E-state index contributed by atoms with van der Waals surface area (Å²) in [6, 6.07) is 0. The summed E-state index contributed by atoms with van der Waals surface area (Å²) in [5.74, 6) is 0. The summed E-state index contributed by atoms with van der Waals surface area (Å²) >= 11 is 0. The zero-order valence-corrected chi connectivity index (χ0v) is 3.20. The predicted octanol–water partition coefficient (Wildman–Crippen LogP) is -0.665. The minimum atomic E-state index is -1.03. The summed E-state index contributed by atoms with van der Waals surface area (Å²) in [7, 11) is 0. The van der Waals surface area contributed by atoms with Crippen molar-refractivity contribution in [1.82, 2.24) is 0 Å². The molecule has 4 N–H and O–H groups in total. The van der Waals surface area contributed by atoms with Gasteiger partial charge in [0.1, 0.15) is 6.23 Å². The van der Waals surface area contributed by atoms with Gasteiger partial charge in [0.05, 0.1) is 6.26 Å². The van der Waals surface area contributed by atoms with Crippen molar-refractivity contribution in [2.45, 2.75) is 6.23 Å². The monoisotopic (exact) mass is 89.0 g/mol. The Morgan fingerprint density at radius 2 is 2.17 bits per heavy atom. The van der Waals surface area contributed by atoms with Crippen molar-refractivity contribution < 1.29 is 10.2 Å². The molecule has 6 heavy (non-hydrogen) atoms. The summed E-state index contributed by atoms with van der Waals surface area (Å²) in [5, 5.41) is 15.9. The minimum absolute atomic E-state index is 0.699. The third kappa shape index (κ3) is 3.46. The fourth-order valence-corrected chi connectivity index (χ4v) is 0.0882. The van der Waals surface area contributed by atoms with Gasteiger partial charge in [-0.25, -0.2) is 0 Å². The Kier molecular flexibility index (Phi) is 2.44. The molecule has 0 saturated carbocycles. The lowest BCUT2D eigenvalue weighted by atomic mass is 10.6. The number of aliphatic hydroxyl groups excluding tert-OH is 2. The summed E-state index contributed by atoms with van der Waals surface area (Å²) in [6.07, 6.45) is 0.722. The fraction of sp³-hybridized carbons (Fsp3) is 0.333. The molecule has 0 aliphatic carbocycles. The zero-order valence-electron chi connectivity index (χ0n) is 3.20. The summed E-state index contributed by atoms with van der Waals surface area (Å²) < 4.78 is 0. The Hall–Kier alpha value is -0.540. The molecule has 0 aliphatic heterocycles. The lowest BCUT2D eigenvalue weighted by Gasteiger charge is -1.87. The first-order chi connectivity index (χ1) is 2.77.